The zero-order valence-electron chi connectivity index (χ0n) is 14.8. The van der Waals surface area contributed by atoms with Crippen LogP contribution in [0, 0.1) is 0 Å². The third kappa shape index (κ3) is 4.15. The van der Waals surface area contributed by atoms with Gasteiger partial charge in [0.25, 0.3) is 5.82 Å². The Morgan fingerprint density at radius 2 is 1.89 bits per heavy atom. The standard InChI is InChI=1S/C18H21N3O5S/c22-27(23,15-5-6-18(19-12-15)21-7-9-24-10-8-21)20-11-14-13-25-16-3-1-2-4-17(16)26-14/h1-6,12,14,20H,7-11,13H2/p+1/t14-/m1/s1. The van der Waals surface area contributed by atoms with E-state index in [0.717, 1.165) is 18.9 Å². The number of hydrogen-bond acceptors (Lipinski definition) is 6. The van der Waals surface area contributed by atoms with Crippen LogP contribution >= 0.6 is 0 Å². The maximum absolute atomic E-state index is 12.5. The number of rotatable bonds is 5. The molecule has 2 aliphatic rings. The maximum atomic E-state index is 12.5. The molecule has 144 valence electrons. The van der Waals surface area contributed by atoms with Crippen LogP contribution in [-0.4, -0.2) is 54.0 Å². The van der Waals surface area contributed by atoms with Crippen LogP contribution in [0.5, 0.6) is 11.5 Å². The number of para-hydroxylation sites is 2. The molecule has 1 aromatic carbocycles. The first-order valence-electron chi connectivity index (χ1n) is 8.84. The molecule has 0 aliphatic carbocycles. The van der Waals surface area contributed by atoms with E-state index in [1.807, 2.05) is 18.2 Å². The second-order valence-corrected chi connectivity index (χ2v) is 8.13. The SMILES string of the molecule is O=S(=O)(NC[C@@H]1COc2ccccc2O1)c1ccc(N2CCOCC2)[nH+]c1. The van der Waals surface area contributed by atoms with Crippen molar-refractivity contribution < 1.29 is 27.6 Å². The number of H-pyrrole nitrogens is 1. The maximum Gasteiger partial charge on any atom is 0.274 e. The fourth-order valence-electron chi connectivity index (χ4n) is 3.02. The van der Waals surface area contributed by atoms with Crippen molar-refractivity contribution in [3.63, 3.8) is 0 Å². The first-order chi connectivity index (χ1) is 13.1. The van der Waals surface area contributed by atoms with Gasteiger partial charge < -0.3 is 14.2 Å². The van der Waals surface area contributed by atoms with Crippen molar-refractivity contribution in [3.05, 3.63) is 42.6 Å². The van der Waals surface area contributed by atoms with Crippen LogP contribution in [0.25, 0.3) is 0 Å². The predicted molar refractivity (Wildman–Crippen MR) is 97.6 cm³/mol. The van der Waals surface area contributed by atoms with Gasteiger partial charge in [0, 0.05) is 6.07 Å². The van der Waals surface area contributed by atoms with Gasteiger partial charge in [-0.2, -0.15) is 0 Å². The lowest BCUT2D eigenvalue weighted by atomic mass is 10.2. The summed E-state index contributed by atoms with van der Waals surface area (Å²) in [5.41, 5.74) is 0. The van der Waals surface area contributed by atoms with Crippen molar-refractivity contribution in [2.45, 2.75) is 11.0 Å². The van der Waals surface area contributed by atoms with Crippen LogP contribution in [0.1, 0.15) is 0 Å². The van der Waals surface area contributed by atoms with Gasteiger partial charge in [-0.1, -0.05) is 12.1 Å². The molecule has 0 amide bonds. The molecule has 0 unspecified atom stereocenters. The van der Waals surface area contributed by atoms with Gasteiger partial charge >= 0.3 is 0 Å². The lowest BCUT2D eigenvalue weighted by Crippen LogP contribution is -2.41. The van der Waals surface area contributed by atoms with Crippen molar-refractivity contribution >= 4 is 15.8 Å². The predicted octanol–water partition coefficient (Wildman–Crippen LogP) is 0.456. The van der Waals surface area contributed by atoms with Crippen molar-refractivity contribution in [3.8, 4) is 11.5 Å². The molecule has 0 spiro atoms. The Hall–Kier alpha value is -2.36. The highest BCUT2D eigenvalue weighted by Crippen LogP contribution is 2.30. The number of ether oxygens (including phenoxy) is 3. The Bertz CT molecular complexity index is 882. The highest BCUT2D eigenvalue weighted by Gasteiger charge is 2.25. The molecule has 4 rings (SSSR count). The van der Waals surface area contributed by atoms with Gasteiger partial charge in [-0.15, -0.1) is 0 Å². The van der Waals surface area contributed by atoms with Gasteiger partial charge in [-0.05, 0) is 18.2 Å². The van der Waals surface area contributed by atoms with E-state index in [4.69, 9.17) is 14.2 Å². The third-order valence-electron chi connectivity index (χ3n) is 4.50. The van der Waals surface area contributed by atoms with E-state index in [-0.39, 0.29) is 17.5 Å². The summed E-state index contributed by atoms with van der Waals surface area (Å²) >= 11 is 0. The molecule has 1 atom stereocenters. The van der Waals surface area contributed by atoms with Gasteiger partial charge in [0.2, 0.25) is 10.0 Å². The van der Waals surface area contributed by atoms with Crippen molar-refractivity contribution in [1.82, 2.24) is 4.72 Å². The van der Waals surface area contributed by atoms with Crippen molar-refractivity contribution in [1.29, 1.82) is 0 Å². The molecule has 1 fully saturated rings. The summed E-state index contributed by atoms with van der Waals surface area (Å²) in [4.78, 5) is 5.36. The number of hydrogen-bond donors (Lipinski definition) is 1. The zero-order chi connectivity index (χ0) is 18.7. The minimum Gasteiger partial charge on any atom is -0.486 e. The van der Waals surface area contributed by atoms with E-state index < -0.39 is 10.0 Å². The highest BCUT2D eigenvalue weighted by molar-refractivity contribution is 7.89. The van der Waals surface area contributed by atoms with Crippen LogP contribution in [0.15, 0.2) is 47.5 Å². The van der Waals surface area contributed by atoms with Gasteiger partial charge in [0.15, 0.2) is 11.5 Å². The van der Waals surface area contributed by atoms with E-state index in [0.29, 0.717) is 31.3 Å². The van der Waals surface area contributed by atoms with E-state index >= 15 is 0 Å². The quantitative estimate of drug-likeness (QED) is 0.795. The summed E-state index contributed by atoms with van der Waals surface area (Å²) in [6.45, 7) is 3.32. The molecule has 1 saturated heterocycles. The van der Waals surface area contributed by atoms with E-state index in [1.54, 1.807) is 18.2 Å². The summed E-state index contributed by atoms with van der Waals surface area (Å²) in [6, 6.07) is 10.7. The van der Waals surface area contributed by atoms with E-state index in [1.165, 1.54) is 6.20 Å². The highest BCUT2D eigenvalue weighted by atomic mass is 32.2. The number of fused-ring (bicyclic) bond motifs is 1. The lowest BCUT2D eigenvalue weighted by molar-refractivity contribution is -0.367. The monoisotopic (exact) mass is 392 g/mol. The lowest BCUT2D eigenvalue weighted by Gasteiger charge is -2.26. The molecular formula is C18H22N3O5S+. The number of nitrogens with zero attached hydrogens (tertiary/aromatic N) is 1. The molecule has 9 heteroatoms. The van der Waals surface area contributed by atoms with Crippen molar-refractivity contribution in [2.75, 3.05) is 44.4 Å². The summed E-state index contributed by atoms with van der Waals surface area (Å²) < 4.78 is 44.4. The first kappa shape index (κ1) is 18.0. The first-order valence-corrected chi connectivity index (χ1v) is 10.3. The fourth-order valence-corrected chi connectivity index (χ4v) is 4.05. The van der Waals surface area contributed by atoms with Crippen molar-refractivity contribution in [2.24, 2.45) is 0 Å². The average molecular weight is 392 g/mol. The normalized spacial score (nSPS) is 19.7. The minimum atomic E-state index is -3.64. The van der Waals surface area contributed by atoms with Crippen LogP contribution in [-0.2, 0) is 14.8 Å². The largest absolute Gasteiger partial charge is 0.486 e. The summed E-state index contributed by atoms with van der Waals surface area (Å²) in [5.74, 6) is 2.17. The number of nitrogens with one attached hydrogen (secondary N) is 2. The number of pyridine rings is 1. The number of sulfonamides is 1. The van der Waals surface area contributed by atoms with Gasteiger partial charge in [-0.3, -0.25) is 4.90 Å². The molecule has 0 bridgehead atoms. The number of benzene rings is 1. The Morgan fingerprint density at radius 3 is 2.63 bits per heavy atom. The number of aromatic amines is 1. The average Bonchev–Trinajstić information content (AvgIpc) is 2.73. The van der Waals surface area contributed by atoms with Gasteiger partial charge in [0.1, 0.15) is 36.9 Å². The Labute approximate surface area is 158 Å². The Morgan fingerprint density at radius 1 is 1.11 bits per heavy atom. The second-order valence-electron chi connectivity index (χ2n) is 6.36. The van der Waals surface area contributed by atoms with Crippen LogP contribution in [0.4, 0.5) is 5.82 Å². The van der Waals surface area contributed by atoms with Gasteiger partial charge in [-0.25, -0.2) is 18.1 Å². The van der Waals surface area contributed by atoms with Crippen LogP contribution < -0.4 is 24.1 Å². The molecule has 2 N–H and O–H groups in total. The van der Waals surface area contributed by atoms with E-state index in [9.17, 15) is 8.42 Å². The van der Waals surface area contributed by atoms with Crippen LogP contribution in [0.2, 0.25) is 0 Å². The summed E-state index contributed by atoms with van der Waals surface area (Å²) in [7, 11) is -3.64. The fraction of sp³-hybridized carbons (Fsp3) is 0.389. The number of anilines is 1. The Balaban J connectivity index is 1.37. The van der Waals surface area contributed by atoms with Gasteiger partial charge in [0.05, 0.1) is 19.8 Å². The smallest absolute Gasteiger partial charge is 0.274 e. The Kier molecular flexibility index (Phi) is 5.15. The topological polar surface area (TPSA) is 91.2 Å². The molecule has 2 aromatic rings. The zero-order valence-corrected chi connectivity index (χ0v) is 15.6. The molecule has 0 saturated carbocycles. The second kappa shape index (κ2) is 7.71. The minimum absolute atomic E-state index is 0.127. The number of aromatic nitrogens is 1. The van der Waals surface area contributed by atoms with Crippen LogP contribution in [0.3, 0.4) is 0 Å². The molecule has 27 heavy (non-hydrogen) atoms. The molecule has 8 nitrogen and oxygen atoms in total. The molecular weight excluding hydrogens is 370 g/mol. The molecule has 2 aliphatic heterocycles. The molecule has 1 aromatic heterocycles. The third-order valence-corrected chi connectivity index (χ3v) is 5.92. The molecule has 3 heterocycles. The summed E-state index contributed by atoms with van der Waals surface area (Å²) in [5, 5.41) is 0. The number of morpholine rings is 1. The summed E-state index contributed by atoms with van der Waals surface area (Å²) in [6.07, 6.45) is 1.12. The molecule has 0 radical (unpaired) electrons. The van der Waals surface area contributed by atoms with E-state index in [2.05, 4.69) is 14.6 Å².